The van der Waals surface area contributed by atoms with Crippen molar-refractivity contribution in [2.75, 3.05) is 26.4 Å². The van der Waals surface area contributed by atoms with Crippen molar-refractivity contribution >= 4 is 81.0 Å². The van der Waals surface area contributed by atoms with Crippen molar-refractivity contribution in [3.05, 3.63) is 0 Å². The number of alkyl halides is 5. The van der Waals surface area contributed by atoms with E-state index in [9.17, 15) is 89.1 Å². The van der Waals surface area contributed by atoms with Crippen LogP contribution < -0.4 is 0 Å². The molecule has 0 amide bonds. The zero-order valence-corrected chi connectivity index (χ0v) is 101. The Labute approximate surface area is 855 Å². The average Bonchev–Trinajstić information content (AvgIpc) is 0.894. The zero-order valence-electron chi connectivity index (χ0n) is 101. The van der Waals surface area contributed by atoms with Gasteiger partial charge in [-0.1, -0.05) is 297 Å². The van der Waals surface area contributed by atoms with Crippen LogP contribution in [0.4, 0.5) is 22.0 Å². The highest BCUT2D eigenvalue weighted by Crippen LogP contribution is 2.32. The molecule has 0 aliphatic carbocycles. The summed E-state index contributed by atoms with van der Waals surface area (Å²) < 4.78 is 89.5. The van der Waals surface area contributed by atoms with Crippen molar-refractivity contribution in [2.24, 2.45) is 75.8 Å². The van der Waals surface area contributed by atoms with Gasteiger partial charge in [0.1, 0.15) is 65.7 Å². The predicted molar refractivity (Wildman–Crippen MR) is 571 cm³/mol. The second-order valence-electron chi connectivity index (χ2n) is 56.4. The topological polar surface area (TPSA) is 276 Å². The van der Waals surface area contributed by atoms with Crippen LogP contribution in [0.1, 0.15) is 515 Å². The summed E-state index contributed by atoms with van der Waals surface area (Å²) >= 11 is 0. The summed E-state index contributed by atoms with van der Waals surface area (Å²) in [5.74, 6) is -0.931. The highest BCUT2D eigenvalue weighted by Gasteiger charge is 2.37. The fourth-order valence-electron chi connectivity index (χ4n) is 10.7. The van der Waals surface area contributed by atoms with Crippen LogP contribution in [-0.4, -0.2) is 161 Å². The lowest BCUT2D eigenvalue weighted by Crippen LogP contribution is -2.31. The third-order valence-corrected chi connectivity index (χ3v) is 20.9. The highest BCUT2D eigenvalue weighted by molar-refractivity contribution is 5.92. The Morgan fingerprint density at radius 1 is 0.193 bits per heavy atom. The first-order valence-corrected chi connectivity index (χ1v) is 51.5. The molecule has 0 unspecified atom stereocenters. The Balaban J connectivity index is -0.000000197. The maximum absolute atomic E-state index is 13.6. The van der Waals surface area contributed by atoms with Crippen molar-refractivity contribution in [1.29, 1.82) is 0 Å². The van der Waals surface area contributed by atoms with Gasteiger partial charge >= 0.3 is 0 Å². The Morgan fingerprint density at radius 3 is 0.571 bits per heavy atom. The average molecular weight is 2010 g/mol. The van der Waals surface area contributed by atoms with Crippen molar-refractivity contribution in [1.82, 2.24) is 0 Å². The predicted octanol–water partition coefficient (Wildman–Crippen LogP) is 31.0. The fraction of sp³-hybridized carbons (Fsp3) is 0.880. The third kappa shape index (κ3) is 96.3. The van der Waals surface area contributed by atoms with Crippen molar-refractivity contribution < 1.29 is 108 Å². The second kappa shape index (κ2) is 65.6. The minimum Gasteiger partial charge on any atom is -0.376 e. The standard InChI is InChI=1S/2C14H25FO3.3C13H23FO2.C13H26O2.C13H26O.C12H24O2.C12H24O/c2*1-13(2,3)12(17)11(15)8-7-10(16)9-18-14(4,5)6;1-12(2,3)10(15)7-9(14)8-11(16)13(4,5)6;2*1-12(2,3)10(15)8-7-9(14)11(16)13(4,5)6;1-12(2,3)11(14)9-7-8-10-15-13(4,5)6;1-12(2,3)10-8-7-9-11(14)13(4,5)6;1-11(2,3)10(13)8-7-9-14-12(4,5)6;1-11(2,3)9-7-8-10(13)12(4,5)6/h2*11H,7-9H2,1-6H3;3*9H,7-8H2,1-6H3;7-10H2,1-6H3;7-10H2,1-6H3;7-9H2,1-6H3;7-9H2,1-6H3/t2*11-;;2*9-;;;;/m10.10..../s1. The van der Waals surface area contributed by atoms with Gasteiger partial charge in [0.2, 0.25) is 0 Å². The first-order chi connectivity index (χ1) is 61.2. The summed E-state index contributed by atoms with van der Waals surface area (Å²) in [5, 5.41) is 0. The van der Waals surface area contributed by atoms with Crippen molar-refractivity contribution in [2.45, 2.75) is 568 Å². The van der Waals surface area contributed by atoms with Gasteiger partial charge in [-0.05, 0) is 165 Å². The van der Waals surface area contributed by atoms with Gasteiger partial charge in [0.25, 0.3) is 0 Å². The highest BCUT2D eigenvalue weighted by atomic mass is 19.2. The van der Waals surface area contributed by atoms with Gasteiger partial charge in [-0.2, -0.15) is 0 Å². The van der Waals surface area contributed by atoms with Gasteiger partial charge in [-0.3, -0.25) is 67.1 Å². The molecule has 23 heteroatoms. The van der Waals surface area contributed by atoms with Crippen LogP contribution in [0.25, 0.3) is 0 Å². The summed E-state index contributed by atoms with van der Waals surface area (Å²) in [6.07, 6.45) is 3.52. The van der Waals surface area contributed by atoms with Crippen LogP contribution in [0.3, 0.4) is 0 Å². The SMILES string of the molecule is CC(C)(C)C(=O)CC(F)CC(=O)C(C)(C)C.CC(C)(C)C(=O)CC[C@@H](F)C(=O)C(C)(C)C.CC(C)(C)C(=O)CC[C@H](F)C(=O)C(C)(C)C.CC(C)(C)CCCC(=O)C(C)(C)C.CC(C)(C)CCCCC(=O)C(C)(C)C.CC(C)(C)OCC(=O)CC[C@@H](F)C(=O)C(C)(C)C.CC(C)(C)OCC(=O)CC[C@H](F)C(=O)C(C)(C)C.CC(C)(C)OCCCC(=O)C(C)(C)C.CC(C)(C)OCCCCC(=O)C(C)(C)C. The normalized spacial score (nSPS) is 13.7. The molecule has 4 atom stereocenters. The summed E-state index contributed by atoms with van der Waals surface area (Å²) in [4.78, 5) is 162. The van der Waals surface area contributed by atoms with E-state index in [0.29, 0.717) is 53.4 Å². The van der Waals surface area contributed by atoms with E-state index < -0.39 is 97.3 Å². The molecule has 830 valence electrons. The van der Waals surface area contributed by atoms with E-state index in [-0.39, 0.29) is 156 Å². The molecule has 0 N–H and O–H groups in total. The monoisotopic (exact) mass is 2010 g/mol. The molecular weight excluding hydrogens is 1790 g/mol. The Kier molecular flexibility index (Phi) is 71.4. The number of carbonyl (C=O) groups excluding carboxylic acids is 14. The van der Waals surface area contributed by atoms with Crippen molar-refractivity contribution in [3.63, 3.8) is 0 Å². The number of Topliss-reactive ketones (excluding diaryl/α,β-unsaturated/α-hetero) is 14. The number of hydrogen-bond acceptors (Lipinski definition) is 18. The molecule has 0 bridgehead atoms. The number of carbonyl (C=O) groups is 14. The first-order valence-electron chi connectivity index (χ1n) is 51.5. The summed E-state index contributed by atoms with van der Waals surface area (Å²) in [6.45, 7) is 103. The van der Waals surface area contributed by atoms with Gasteiger partial charge in [-0.25, -0.2) is 22.0 Å². The molecule has 0 radical (unpaired) electrons. The molecular formula is C117H219F5O18. The molecule has 0 heterocycles. The zero-order chi connectivity index (χ0) is 114. The van der Waals surface area contributed by atoms with Crippen LogP contribution in [-0.2, 0) is 86.1 Å². The number of halogens is 5. The Hall–Kier alpha value is -5.13. The molecule has 0 aliphatic rings. The van der Waals surface area contributed by atoms with Crippen LogP contribution in [0.15, 0.2) is 0 Å². The number of rotatable bonds is 40. The van der Waals surface area contributed by atoms with Gasteiger partial charge < -0.3 is 18.9 Å². The van der Waals surface area contributed by atoms with Crippen LogP contribution in [0, 0.1) is 75.8 Å². The van der Waals surface area contributed by atoms with E-state index in [0.717, 1.165) is 58.0 Å². The molecule has 0 aromatic heterocycles. The molecule has 0 fully saturated rings. The van der Waals surface area contributed by atoms with Crippen molar-refractivity contribution in [3.8, 4) is 0 Å². The third-order valence-electron chi connectivity index (χ3n) is 20.9. The minimum atomic E-state index is -1.57. The largest absolute Gasteiger partial charge is 0.376 e. The van der Waals surface area contributed by atoms with Gasteiger partial charge in [0.15, 0.2) is 59.4 Å². The molecule has 0 aromatic rings. The number of ether oxygens (including phenoxy) is 4. The fourth-order valence-corrected chi connectivity index (χ4v) is 10.7. The summed E-state index contributed by atoms with van der Waals surface area (Å²) in [7, 11) is 0. The summed E-state index contributed by atoms with van der Waals surface area (Å²) in [5.41, 5.74) is -5.59. The summed E-state index contributed by atoms with van der Waals surface area (Å²) in [6, 6.07) is 0. The number of ketones is 14. The minimum absolute atomic E-state index is 0.00291. The number of hydrogen-bond donors (Lipinski definition) is 0. The lowest BCUT2D eigenvalue weighted by atomic mass is 9.84. The lowest BCUT2D eigenvalue weighted by Gasteiger charge is -2.21. The van der Waals surface area contributed by atoms with E-state index in [2.05, 4.69) is 41.5 Å². The molecule has 0 saturated carbocycles. The Morgan fingerprint density at radius 2 is 0.371 bits per heavy atom. The first kappa shape index (κ1) is 153. The molecule has 0 aromatic carbocycles. The molecule has 0 saturated heterocycles. The maximum Gasteiger partial charge on any atom is 0.172 e. The van der Waals surface area contributed by atoms with Crippen LogP contribution in [0.5, 0.6) is 0 Å². The van der Waals surface area contributed by atoms with Gasteiger partial charge in [-0.15, -0.1) is 0 Å². The van der Waals surface area contributed by atoms with E-state index in [1.807, 2.05) is 166 Å². The lowest BCUT2D eigenvalue weighted by molar-refractivity contribution is -0.134. The molecule has 140 heavy (non-hydrogen) atoms. The van der Waals surface area contributed by atoms with E-state index in [4.69, 9.17) is 18.9 Å². The second-order valence-corrected chi connectivity index (χ2v) is 56.4. The molecule has 0 rings (SSSR count). The number of unbranched alkanes of at least 4 members (excludes halogenated alkanes) is 2. The van der Waals surface area contributed by atoms with Crippen LogP contribution in [0.2, 0.25) is 0 Å². The molecule has 18 nitrogen and oxygen atoms in total. The quantitative estimate of drug-likeness (QED) is 0.0407. The van der Waals surface area contributed by atoms with Gasteiger partial charge in [0, 0.05) is 142 Å². The smallest absolute Gasteiger partial charge is 0.172 e. The van der Waals surface area contributed by atoms with E-state index in [1.165, 1.54) is 12.8 Å². The molecule has 0 aliphatic heterocycles. The van der Waals surface area contributed by atoms with E-state index >= 15 is 0 Å². The maximum atomic E-state index is 13.6. The molecule has 0 spiro atoms. The van der Waals surface area contributed by atoms with E-state index in [1.54, 1.807) is 166 Å². The van der Waals surface area contributed by atoms with Crippen LogP contribution >= 0.6 is 0 Å². The Bertz CT molecular complexity index is 3430. The van der Waals surface area contributed by atoms with Gasteiger partial charge in [0.05, 0.1) is 22.4 Å².